The molecule has 1 aromatic carbocycles. The van der Waals surface area contributed by atoms with Gasteiger partial charge in [0.1, 0.15) is 4.90 Å². The van der Waals surface area contributed by atoms with Crippen LogP contribution in [0.5, 0.6) is 0 Å². The lowest BCUT2D eigenvalue weighted by Crippen LogP contribution is -2.51. The topological polar surface area (TPSA) is 69.7 Å². The third-order valence-corrected chi connectivity index (χ3v) is 6.27. The van der Waals surface area contributed by atoms with E-state index in [1.807, 2.05) is 4.90 Å². The van der Waals surface area contributed by atoms with Crippen LogP contribution >= 0.6 is 23.2 Å². The maximum Gasteiger partial charge on any atom is 0.244 e. The van der Waals surface area contributed by atoms with Crippen molar-refractivity contribution in [3.05, 3.63) is 40.9 Å². The molecule has 9 heteroatoms. The molecule has 1 aliphatic heterocycles. The highest BCUT2D eigenvalue weighted by molar-refractivity contribution is 7.89. The second-order valence-corrected chi connectivity index (χ2v) is 8.10. The molecule has 0 spiro atoms. The van der Waals surface area contributed by atoms with E-state index in [0.29, 0.717) is 37.7 Å². The van der Waals surface area contributed by atoms with Gasteiger partial charge in [0.2, 0.25) is 15.9 Å². The highest BCUT2D eigenvalue weighted by Gasteiger charge is 2.30. The van der Waals surface area contributed by atoms with Crippen LogP contribution in [0, 0.1) is 0 Å². The van der Waals surface area contributed by atoms with Gasteiger partial charge in [-0.05, 0) is 18.2 Å². The molecule has 1 amide bonds. The summed E-state index contributed by atoms with van der Waals surface area (Å²) in [5.74, 6) is -0.107. The largest absolute Gasteiger partial charge is 0.352 e. The minimum absolute atomic E-state index is 0.00819. The number of rotatable bonds is 6. The lowest BCUT2D eigenvalue weighted by atomic mass is 10.3. The normalized spacial score (nSPS) is 16.8. The van der Waals surface area contributed by atoms with E-state index >= 15 is 0 Å². The molecule has 0 aromatic heterocycles. The quantitative estimate of drug-likeness (QED) is 0.747. The van der Waals surface area contributed by atoms with Gasteiger partial charge in [-0.1, -0.05) is 29.3 Å². The summed E-state index contributed by atoms with van der Waals surface area (Å²) in [7, 11) is -3.70. The molecular formula is C15H19Cl2N3O3S. The second kappa shape index (κ2) is 8.31. The molecule has 132 valence electrons. The number of carbonyl (C=O) groups is 1. The van der Waals surface area contributed by atoms with Crippen LogP contribution in [-0.2, 0) is 14.8 Å². The zero-order valence-corrected chi connectivity index (χ0v) is 15.4. The molecule has 24 heavy (non-hydrogen) atoms. The fourth-order valence-corrected chi connectivity index (χ4v) is 4.55. The van der Waals surface area contributed by atoms with Crippen molar-refractivity contribution < 1.29 is 13.2 Å². The number of halogens is 2. The first-order valence-corrected chi connectivity index (χ1v) is 9.59. The first-order chi connectivity index (χ1) is 11.3. The van der Waals surface area contributed by atoms with Crippen LogP contribution in [0.25, 0.3) is 0 Å². The van der Waals surface area contributed by atoms with Crippen LogP contribution < -0.4 is 5.32 Å². The Labute approximate surface area is 152 Å². The van der Waals surface area contributed by atoms with E-state index in [4.69, 9.17) is 23.2 Å². The van der Waals surface area contributed by atoms with Crippen molar-refractivity contribution in [3.63, 3.8) is 0 Å². The van der Waals surface area contributed by atoms with Gasteiger partial charge in [-0.3, -0.25) is 9.69 Å². The minimum atomic E-state index is -3.70. The van der Waals surface area contributed by atoms with Crippen LogP contribution in [0.1, 0.15) is 0 Å². The molecule has 1 fully saturated rings. The molecule has 0 atom stereocenters. The van der Waals surface area contributed by atoms with Crippen LogP contribution in [0.2, 0.25) is 10.0 Å². The predicted molar refractivity (Wildman–Crippen MR) is 94.9 cm³/mol. The molecule has 0 unspecified atom stereocenters. The molecule has 0 aliphatic carbocycles. The Bertz CT molecular complexity index is 717. The Balaban J connectivity index is 1.99. The van der Waals surface area contributed by atoms with Crippen LogP contribution in [0.4, 0.5) is 0 Å². The molecule has 6 nitrogen and oxygen atoms in total. The monoisotopic (exact) mass is 391 g/mol. The summed E-state index contributed by atoms with van der Waals surface area (Å²) < 4.78 is 26.8. The second-order valence-electron chi connectivity index (χ2n) is 5.35. The Morgan fingerprint density at radius 3 is 2.54 bits per heavy atom. The van der Waals surface area contributed by atoms with Gasteiger partial charge < -0.3 is 5.32 Å². The number of nitrogens with one attached hydrogen (secondary N) is 1. The molecule has 0 radical (unpaired) electrons. The average Bonchev–Trinajstić information content (AvgIpc) is 2.55. The van der Waals surface area contributed by atoms with Gasteiger partial charge in [-0.15, -0.1) is 6.58 Å². The molecular weight excluding hydrogens is 373 g/mol. The SMILES string of the molecule is C=CCNC(=O)CN1CCN(S(=O)(=O)c2cc(Cl)ccc2Cl)CC1. The van der Waals surface area contributed by atoms with Crippen molar-refractivity contribution >= 4 is 39.1 Å². The lowest BCUT2D eigenvalue weighted by Gasteiger charge is -2.33. The van der Waals surface area contributed by atoms with E-state index in [-0.39, 0.29) is 22.4 Å². The van der Waals surface area contributed by atoms with E-state index < -0.39 is 10.0 Å². The number of amides is 1. The summed E-state index contributed by atoms with van der Waals surface area (Å²) in [5, 5.41) is 3.16. The zero-order chi connectivity index (χ0) is 17.7. The first kappa shape index (κ1) is 19.2. The van der Waals surface area contributed by atoms with Crippen LogP contribution in [-0.4, -0.2) is 62.8 Å². The van der Waals surface area contributed by atoms with Crippen molar-refractivity contribution in [1.82, 2.24) is 14.5 Å². The van der Waals surface area contributed by atoms with Gasteiger partial charge in [-0.25, -0.2) is 8.42 Å². The average molecular weight is 392 g/mol. The van der Waals surface area contributed by atoms with Gasteiger partial charge in [-0.2, -0.15) is 4.31 Å². The molecule has 2 rings (SSSR count). The zero-order valence-electron chi connectivity index (χ0n) is 13.0. The van der Waals surface area contributed by atoms with Crippen molar-refractivity contribution in [2.45, 2.75) is 4.90 Å². The maximum absolute atomic E-state index is 12.7. The van der Waals surface area contributed by atoms with Crippen molar-refractivity contribution in [2.75, 3.05) is 39.3 Å². The summed E-state index contributed by atoms with van der Waals surface area (Å²) in [6.45, 7) is 5.71. The third kappa shape index (κ3) is 4.70. The highest BCUT2D eigenvalue weighted by atomic mass is 35.5. The van der Waals surface area contributed by atoms with E-state index in [1.165, 1.54) is 16.4 Å². The number of nitrogens with zero attached hydrogens (tertiary/aromatic N) is 2. The molecule has 1 heterocycles. The van der Waals surface area contributed by atoms with Gasteiger partial charge in [0, 0.05) is 37.7 Å². The van der Waals surface area contributed by atoms with Crippen LogP contribution in [0.15, 0.2) is 35.7 Å². The van der Waals surface area contributed by atoms with E-state index in [1.54, 1.807) is 12.1 Å². The molecule has 1 aliphatic rings. The minimum Gasteiger partial charge on any atom is -0.352 e. The van der Waals surface area contributed by atoms with Gasteiger partial charge in [0.25, 0.3) is 0 Å². The van der Waals surface area contributed by atoms with Crippen molar-refractivity contribution in [1.29, 1.82) is 0 Å². The Morgan fingerprint density at radius 2 is 1.92 bits per heavy atom. The predicted octanol–water partition coefficient (Wildman–Crippen LogP) is 1.60. The van der Waals surface area contributed by atoms with E-state index in [0.717, 1.165) is 0 Å². The molecule has 0 saturated carbocycles. The number of carbonyl (C=O) groups excluding carboxylic acids is 1. The third-order valence-electron chi connectivity index (χ3n) is 3.65. The number of piperazine rings is 1. The first-order valence-electron chi connectivity index (χ1n) is 7.39. The highest BCUT2D eigenvalue weighted by Crippen LogP contribution is 2.28. The Hall–Kier alpha value is -1.12. The maximum atomic E-state index is 12.7. The van der Waals surface area contributed by atoms with Gasteiger partial charge in [0.05, 0.1) is 11.6 Å². The van der Waals surface area contributed by atoms with Gasteiger partial charge in [0.15, 0.2) is 0 Å². The Morgan fingerprint density at radius 1 is 1.25 bits per heavy atom. The fourth-order valence-electron chi connectivity index (χ4n) is 2.39. The summed E-state index contributed by atoms with van der Waals surface area (Å²) in [4.78, 5) is 13.6. The summed E-state index contributed by atoms with van der Waals surface area (Å²) in [6.07, 6.45) is 1.61. The molecule has 0 bridgehead atoms. The summed E-state index contributed by atoms with van der Waals surface area (Å²) in [5.41, 5.74) is 0. The van der Waals surface area contributed by atoms with Crippen LogP contribution in [0.3, 0.4) is 0 Å². The standard InChI is InChI=1S/C15H19Cl2N3O3S/c1-2-5-18-15(21)11-19-6-8-20(9-7-19)24(22,23)14-10-12(16)3-4-13(14)17/h2-4,10H,1,5-9,11H2,(H,18,21). The van der Waals surface area contributed by atoms with Crippen molar-refractivity contribution in [2.24, 2.45) is 0 Å². The number of benzene rings is 1. The van der Waals surface area contributed by atoms with E-state index in [9.17, 15) is 13.2 Å². The summed E-state index contributed by atoms with van der Waals surface area (Å²) >= 11 is 11.9. The number of hydrogen-bond acceptors (Lipinski definition) is 4. The van der Waals surface area contributed by atoms with Crippen molar-refractivity contribution in [3.8, 4) is 0 Å². The lowest BCUT2D eigenvalue weighted by molar-refractivity contribution is -0.122. The molecule has 1 aromatic rings. The Kier molecular flexibility index (Phi) is 6.65. The number of hydrogen-bond donors (Lipinski definition) is 1. The fraction of sp³-hybridized carbons (Fsp3) is 0.400. The smallest absolute Gasteiger partial charge is 0.244 e. The molecule has 1 N–H and O–H groups in total. The summed E-state index contributed by atoms with van der Waals surface area (Å²) in [6, 6.07) is 4.37. The number of sulfonamides is 1. The molecule has 1 saturated heterocycles. The van der Waals surface area contributed by atoms with E-state index in [2.05, 4.69) is 11.9 Å². The van der Waals surface area contributed by atoms with Gasteiger partial charge >= 0.3 is 0 Å².